The Morgan fingerprint density at radius 3 is 3.04 bits per heavy atom. The third kappa shape index (κ3) is 2.98. The van der Waals surface area contributed by atoms with E-state index in [0.29, 0.717) is 0 Å². The third-order valence-electron chi connectivity index (χ3n) is 4.31. The van der Waals surface area contributed by atoms with Crippen LogP contribution in [0.5, 0.6) is 0 Å². The molecule has 0 spiro atoms. The van der Waals surface area contributed by atoms with E-state index < -0.39 is 0 Å². The minimum absolute atomic E-state index is 0.0190. The first-order valence-electron chi connectivity index (χ1n) is 7.98. The lowest BCUT2D eigenvalue weighted by molar-refractivity contribution is -0.0367. The van der Waals surface area contributed by atoms with Crippen LogP contribution in [0.2, 0.25) is 0 Å². The zero-order valence-electron chi connectivity index (χ0n) is 13.2. The summed E-state index contributed by atoms with van der Waals surface area (Å²) in [5.74, 6) is 0.923. The van der Waals surface area contributed by atoms with Crippen molar-refractivity contribution in [2.24, 2.45) is 0 Å². The molecule has 0 radical (unpaired) electrons. The number of nitrogens with one attached hydrogen (secondary N) is 1. The van der Waals surface area contributed by atoms with E-state index >= 15 is 0 Å². The van der Waals surface area contributed by atoms with E-state index in [1.54, 1.807) is 0 Å². The van der Waals surface area contributed by atoms with E-state index in [9.17, 15) is 0 Å². The molecule has 1 fully saturated rings. The van der Waals surface area contributed by atoms with E-state index in [-0.39, 0.29) is 6.10 Å². The van der Waals surface area contributed by atoms with E-state index in [4.69, 9.17) is 4.74 Å². The van der Waals surface area contributed by atoms with Crippen molar-refractivity contribution in [2.75, 3.05) is 19.7 Å². The number of hydrogen-bond donors (Lipinski definition) is 1. The van der Waals surface area contributed by atoms with Crippen molar-refractivity contribution in [3.05, 3.63) is 59.8 Å². The van der Waals surface area contributed by atoms with Crippen molar-refractivity contribution in [3.8, 4) is 0 Å². The van der Waals surface area contributed by atoms with E-state index in [1.807, 2.05) is 25.4 Å². The van der Waals surface area contributed by atoms with Gasteiger partial charge in [-0.15, -0.1) is 0 Å². The molecule has 1 saturated heterocycles. The number of fused-ring (bicyclic) bond motifs is 1. The van der Waals surface area contributed by atoms with Gasteiger partial charge in [0.1, 0.15) is 11.9 Å². The summed E-state index contributed by atoms with van der Waals surface area (Å²) in [6.45, 7) is 5.44. The van der Waals surface area contributed by atoms with E-state index in [1.165, 1.54) is 10.9 Å². The molecule has 0 saturated carbocycles. The Morgan fingerprint density at radius 1 is 1.26 bits per heavy atom. The minimum Gasteiger partial charge on any atom is -0.368 e. The van der Waals surface area contributed by atoms with Gasteiger partial charge in [0.05, 0.1) is 12.1 Å². The van der Waals surface area contributed by atoms with Crippen LogP contribution in [0.3, 0.4) is 0 Å². The number of H-pyrrole nitrogens is 1. The number of aryl methyl sites for hydroxylation is 1. The Kier molecular flexibility index (Phi) is 3.81. The average Bonchev–Trinajstić information content (AvgIpc) is 3.02. The van der Waals surface area contributed by atoms with Crippen LogP contribution >= 0.6 is 0 Å². The third-order valence-corrected chi connectivity index (χ3v) is 4.31. The summed E-state index contributed by atoms with van der Waals surface area (Å²) in [6.07, 6.45) is 3.77. The molecule has 23 heavy (non-hydrogen) atoms. The summed E-state index contributed by atoms with van der Waals surface area (Å²) < 4.78 is 5.88. The van der Waals surface area contributed by atoms with Gasteiger partial charge in [-0.2, -0.15) is 0 Å². The van der Waals surface area contributed by atoms with E-state index in [0.717, 1.165) is 43.3 Å². The van der Waals surface area contributed by atoms with Gasteiger partial charge < -0.3 is 9.72 Å². The molecule has 1 aromatic carbocycles. The molecule has 5 heteroatoms. The fourth-order valence-electron chi connectivity index (χ4n) is 3.14. The zero-order valence-corrected chi connectivity index (χ0v) is 13.2. The highest BCUT2D eigenvalue weighted by atomic mass is 16.5. The van der Waals surface area contributed by atoms with Crippen molar-refractivity contribution in [1.29, 1.82) is 0 Å². The van der Waals surface area contributed by atoms with Crippen molar-refractivity contribution in [3.63, 3.8) is 0 Å². The predicted octanol–water partition coefficient (Wildman–Crippen LogP) is 2.84. The number of aromatic amines is 1. The molecule has 0 unspecified atom stereocenters. The molecule has 3 heterocycles. The van der Waals surface area contributed by atoms with Crippen LogP contribution in [0, 0.1) is 6.92 Å². The Bertz CT molecular complexity index is 808. The van der Waals surface area contributed by atoms with Gasteiger partial charge in [-0.3, -0.25) is 9.88 Å². The number of nitrogens with zero attached hydrogens (tertiary/aromatic N) is 3. The number of rotatable bonds is 3. The highest BCUT2D eigenvalue weighted by Crippen LogP contribution is 2.23. The largest absolute Gasteiger partial charge is 0.368 e. The maximum absolute atomic E-state index is 5.88. The Labute approximate surface area is 135 Å². The van der Waals surface area contributed by atoms with Gasteiger partial charge in [0.25, 0.3) is 0 Å². The summed E-state index contributed by atoms with van der Waals surface area (Å²) in [7, 11) is 0. The number of pyridine rings is 1. The highest BCUT2D eigenvalue weighted by molar-refractivity contribution is 5.81. The van der Waals surface area contributed by atoms with Crippen LogP contribution in [0.25, 0.3) is 10.9 Å². The predicted molar refractivity (Wildman–Crippen MR) is 89.0 cm³/mol. The molecule has 1 aliphatic heterocycles. The van der Waals surface area contributed by atoms with Gasteiger partial charge in [-0.25, -0.2) is 4.98 Å². The summed E-state index contributed by atoms with van der Waals surface area (Å²) in [6, 6.07) is 10.4. The number of ether oxygens (including phenoxy) is 1. The lowest BCUT2D eigenvalue weighted by Gasteiger charge is -2.32. The van der Waals surface area contributed by atoms with E-state index in [2.05, 4.69) is 44.1 Å². The summed E-state index contributed by atoms with van der Waals surface area (Å²) in [5, 5.41) is 1.23. The van der Waals surface area contributed by atoms with Gasteiger partial charge in [0.2, 0.25) is 0 Å². The van der Waals surface area contributed by atoms with Crippen molar-refractivity contribution < 1.29 is 4.74 Å². The maximum Gasteiger partial charge on any atom is 0.136 e. The first-order chi connectivity index (χ1) is 11.3. The normalized spacial score (nSPS) is 19.3. The average molecular weight is 308 g/mol. The van der Waals surface area contributed by atoms with Gasteiger partial charge in [0.15, 0.2) is 0 Å². The van der Waals surface area contributed by atoms with Crippen LogP contribution in [0.1, 0.15) is 23.2 Å². The van der Waals surface area contributed by atoms with Gasteiger partial charge in [0, 0.05) is 43.1 Å². The SMILES string of the molecule is Cc1cnc([C@@H]2CN(Cc3ccnc4ccccc34)CCO2)[nH]1. The van der Waals surface area contributed by atoms with Gasteiger partial charge in [-0.05, 0) is 24.6 Å². The van der Waals surface area contributed by atoms with Crippen LogP contribution in [-0.2, 0) is 11.3 Å². The van der Waals surface area contributed by atoms with Crippen LogP contribution in [0.15, 0.2) is 42.7 Å². The second-order valence-electron chi connectivity index (χ2n) is 6.03. The first kappa shape index (κ1) is 14.4. The summed E-state index contributed by atoms with van der Waals surface area (Å²) in [5.41, 5.74) is 3.43. The Hall–Kier alpha value is -2.24. The minimum atomic E-state index is 0.0190. The number of morpholine rings is 1. The lowest BCUT2D eigenvalue weighted by Crippen LogP contribution is -2.38. The lowest BCUT2D eigenvalue weighted by atomic mass is 10.1. The molecule has 3 aromatic rings. The van der Waals surface area contributed by atoms with Gasteiger partial charge in [-0.1, -0.05) is 18.2 Å². The second kappa shape index (κ2) is 6.10. The monoisotopic (exact) mass is 308 g/mol. The molecule has 4 rings (SSSR count). The molecule has 1 N–H and O–H groups in total. The molecule has 0 aliphatic carbocycles. The number of benzene rings is 1. The topological polar surface area (TPSA) is 54.0 Å². The molecule has 2 aromatic heterocycles. The Balaban J connectivity index is 1.54. The number of aromatic nitrogens is 3. The molecule has 1 atom stereocenters. The molecule has 0 amide bonds. The molecular weight excluding hydrogens is 288 g/mol. The van der Waals surface area contributed by atoms with Gasteiger partial charge >= 0.3 is 0 Å². The zero-order chi connectivity index (χ0) is 15.6. The summed E-state index contributed by atoms with van der Waals surface area (Å²) >= 11 is 0. The maximum atomic E-state index is 5.88. The second-order valence-corrected chi connectivity index (χ2v) is 6.03. The Morgan fingerprint density at radius 2 is 2.17 bits per heavy atom. The standard InChI is InChI=1S/C18H20N4O/c1-13-10-20-18(21-13)17-12-22(8-9-23-17)11-14-6-7-19-16-5-3-2-4-15(14)16/h2-7,10,17H,8-9,11-12H2,1H3,(H,20,21)/t17-/m0/s1. The highest BCUT2D eigenvalue weighted by Gasteiger charge is 2.24. The van der Waals surface area contributed by atoms with Crippen LogP contribution in [-0.4, -0.2) is 39.5 Å². The molecular formula is C18H20N4O. The molecule has 5 nitrogen and oxygen atoms in total. The smallest absolute Gasteiger partial charge is 0.136 e. The first-order valence-corrected chi connectivity index (χ1v) is 7.98. The molecule has 118 valence electrons. The van der Waals surface area contributed by atoms with Crippen molar-refractivity contribution in [2.45, 2.75) is 19.6 Å². The summed E-state index contributed by atoms with van der Waals surface area (Å²) in [4.78, 5) is 14.6. The van der Waals surface area contributed by atoms with Crippen molar-refractivity contribution in [1.82, 2.24) is 19.9 Å². The fourth-order valence-corrected chi connectivity index (χ4v) is 3.14. The fraction of sp³-hybridized carbons (Fsp3) is 0.333. The number of hydrogen-bond acceptors (Lipinski definition) is 4. The van der Waals surface area contributed by atoms with Crippen LogP contribution in [0.4, 0.5) is 0 Å². The molecule has 0 bridgehead atoms. The van der Waals surface area contributed by atoms with Crippen LogP contribution < -0.4 is 0 Å². The number of imidazole rings is 1. The quantitative estimate of drug-likeness (QED) is 0.808. The molecule has 1 aliphatic rings. The number of para-hydroxylation sites is 1. The van der Waals surface area contributed by atoms with Crippen molar-refractivity contribution >= 4 is 10.9 Å².